The highest BCUT2D eigenvalue weighted by molar-refractivity contribution is 5.81. The van der Waals surface area contributed by atoms with Gasteiger partial charge >= 0.3 is 0 Å². The van der Waals surface area contributed by atoms with Gasteiger partial charge in [0.1, 0.15) is 0 Å². The van der Waals surface area contributed by atoms with Crippen LogP contribution < -0.4 is 9.80 Å². The zero-order valence-corrected chi connectivity index (χ0v) is 18.5. The van der Waals surface area contributed by atoms with Gasteiger partial charge in [-0.15, -0.1) is 0 Å². The lowest BCUT2D eigenvalue weighted by atomic mass is 9.98. The van der Waals surface area contributed by atoms with Crippen molar-refractivity contribution >= 4 is 22.3 Å². The smallest absolute Gasteiger partial charge is 0.0703 e. The van der Waals surface area contributed by atoms with E-state index >= 15 is 0 Å². The first-order valence-electron chi connectivity index (χ1n) is 12.0. The molecule has 0 amide bonds. The number of hydrogen-bond acceptors (Lipinski definition) is 4. The fourth-order valence-electron chi connectivity index (χ4n) is 5.93. The van der Waals surface area contributed by atoms with E-state index in [1.54, 1.807) is 0 Å². The lowest BCUT2D eigenvalue weighted by Gasteiger charge is -2.32. The first-order valence-corrected chi connectivity index (χ1v) is 12.0. The predicted octanol–water partition coefficient (Wildman–Crippen LogP) is 4.86. The zero-order chi connectivity index (χ0) is 20.8. The Balaban J connectivity index is 1.17. The van der Waals surface area contributed by atoms with Crippen molar-refractivity contribution in [3.8, 4) is 0 Å². The second-order valence-electron chi connectivity index (χ2n) is 9.63. The second kappa shape index (κ2) is 7.83. The van der Waals surface area contributed by atoms with Gasteiger partial charge in [0.05, 0.1) is 17.4 Å². The molecule has 6 rings (SSSR count). The van der Waals surface area contributed by atoms with Crippen LogP contribution in [0.4, 0.5) is 11.4 Å². The molecule has 3 aromatic rings. The Bertz CT molecular complexity index is 1090. The first kappa shape index (κ1) is 19.1. The molecule has 1 aromatic heterocycles. The summed E-state index contributed by atoms with van der Waals surface area (Å²) in [4.78, 5) is 12.5. The maximum atomic E-state index is 4.67. The van der Waals surface area contributed by atoms with Crippen LogP contribution in [0, 0.1) is 0 Å². The van der Waals surface area contributed by atoms with E-state index < -0.39 is 0 Å². The fourth-order valence-corrected chi connectivity index (χ4v) is 5.93. The van der Waals surface area contributed by atoms with Crippen molar-refractivity contribution in [1.82, 2.24) is 9.88 Å². The summed E-state index contributed by atoms with van der Waals surface area (Å²) in [7, 11) is 0. The molecule has 0 bridgehead atoms. The molecule has 0 saturated carbocycles. The highest BCUT2D eigenvalue weighted by atomic mass is 15.3. The summed E-state index contributed by atoms with van der Waals surface area (Å²) in [6.07, 6.45) is 7.20. The Hall–Kier alpha value is -2.59. The third kappa shape index (κ3) is 3.57. The van der Waals surface area contributed by atoms with E-state index in [2.05, 4.69) is 75.1 Å². The molecule has 0 spiro atoms. The monoisotopic (exact) mass is 412 g/mol. The third-order valence-electron chi connectivity index (χ3n) is 7.75. The summed E-state index contributed by atoms with van der Waals surface area (Å²) in [6, 6.07) is 19.4. The van der Waals surface area contributed by atoms with Crippen LogP contribution in [0.15, 0.2) is 54.7 Å². The van der Waals surface area contributed by atoms with E-state index in [1.807, 2.05) is 6.20 Å². The molecular formula is C27H32N4. The Kier molecular flexibility index (Phi) is 4.83. The van der Waals surface area contributed by atoms with Crippen molar-refractivity contribution in [3.05, 3.63) is 65.9 Å². The van der Waals surface area contributed by atoms with E-state index in [0.29, 0.717) is 0 Å². The number of hydrogen-bond donors (Lipinski definition) is 0. The molecule has 2 saturated heterocycles. The summed E-state index contributed by atoms with van der Waals surface area (Å²) in [5.74, 6) is 0. The standard InChI is InChI=1S/C27H32N4/c1-20-5-4-12-31(20)25-11-14-30(19-25)24-9-8-23-18-29(13-10-21(23)15-24)26-16-22-6-2-3-7-27(22)28-17-26/h2-3,6-9,15-17,20,25H,4-5,10-14,18-19H2,1H3/t20-,25-/m0/s1. The van der Waals surface area contributed by atoms with Crippen LogP contribution in [0.2, 0.25) is 0 Å². The molecule has 160 valence electrons. The van der Waals surface area contributed by atoms with Crippen molar-refractivity contribution in [3.63, 3.8) is 0 Å². The number of aromatic nitrogens is 1. The molecule has 0 aliphatic carbocycles. The molecule has 0 radical (unpaired) electrons. The number of nitrogens with zero attached hydrogens (tertiary/aromatic N) is 4. The molecule has 2 aromatic carbocycles. The maximum Gasteiger partial charge on any atom is 0.0703 e. The Morgan fingerprint density at radius 3 is 2.71 bits per heavy atom. The molecule has 4 heterocycles. The number of anilines is 2. The third-order valence-corrected chi connectivity index (χ3v) is 7.75. The van der Waals surface area contributed by atoms with Crippen molar-refractivity contribution in [1.29, 1.82) is 0 Å². The number of para-hydroxylation sites is 1. The topological polar surface area (TPSA) is 22.6 Å². The quantitative estimate of drug-likeness (QED) is 0.613. The minimum atomic E-state index is 0.740. The number of likely N-dealkylation sites (tertiary alicyclic amines) is 1. The Morgan fingerprint density at radius 1 is 0.871 bits per heavy atom. The summed E-state index contributed by atoms with van der Waals surface area (Å²) in [5, 5.41) is 1.22. The highest BCUT2D eigenvalue weighted by Gasteiger charge is 2.33. The van der Waals surface area contributed by atoms with Crippen LogP contribution >= 0.6 is 0 Å². The van der Waals surface area contributed by atoms with Gasteiger partial charge in [0.15, 0.2) is 0 Å². The van der Waals surface area contributed by atoms with Gasteiger partial charge in [0.25, 0.3) is 0 Å². The van der Waals surface area contributed by atoms with Crippen LogP contribution in [0.3, 0.4) is 0 Å². The van der Waals surface area contributed by atoms with Gasteiger partial charge in [-0.1, -0.05) is 24.3 Å². The van der Waals surface area contributed by atoms with Gasteiger partial charge < -0.3 is 9.80 Å². The predicted molar refractivity (Wildman–Crippen MR) is 129 cm³/mol. The number of benzene rings is 2. The van der Waals surface area contributed by atoms with E-state index in [-0.39, 0.29) is 0 Å². The molecule has 4 nitrogen and oxygen atoms in total. The molecule has 4 heteroatoms. The molecular weight excluding hydrogens is 380 g/mol. The van der Waals surface area contributed by atoms with Gasteiger partial charge in [-0.25, -0.2) is 0 Å². The minimum Gasteiger partial charge on any atom is -0.370 e. The maximum absolute atomic E-state index is 4.67. The van der Waals surface area contributed by atoms with E-state index in [0.717, 1.165) is 37.1 Å². The van der Waals surface area contributed by atoms with E-state index in [4.69, 9.17) is 0 Å². The number of fused-ring (bicyclic) bond motifs is 2. The van der Waals surface area contributed by atoms with Gasteiger partial charge in [0.2, 0.25) is 0 Å². The zero-order valence-electron chi connectivity index (χ0n) is 18.5. The average Bonchev–Trinajstić information content (AvgIpc) is 3.47. The van der Waals surface area contributed by atoms with Crippen molar-refractivity contribution in [2.45, 2.75) is 51.2 Å². The van der Waals surface area contributed by atoms with Crippen LogP contribution in [-0.2, 0) is 13.0 Å². The van der Waals surface area contributed by atoms with Crippen LogP contribution in [-0.4, -0.2) is 48.1 Å². The van der Waals surface area contributed by atoms with E-state index in [9.17, 15) is 0 Å². The van der Waals surface area contributed by atoms with Gasteiger partial charge in [0, 0.05) is 49.3 Å². The summed E-state index contributed by atoms with van der Waals surface area (Å²) < 4.78 is 0. The number of pyridine rings is 1. The normalized spacial score (nSPS) is 24.2. The minimum absolute atomic E-state index is 0.740. The fraction of sp³-hybridized carbons (Fsp3) is 0.444. The summed E-state index contributed by atoms with van der Waals surface area (Å²) in [5.41, 5.74) is 6.72. The van der Waals surface area contributed by atoms with Gasteiger partial charge in [-0.3, -0.25) is 9.88 Å². The molecule has 3 aliphatic rings. The second-order valence-corrected chi connectivity index (χ2v) is 9.63. The Labute approximate surface area is 185 Å². The SMILES string of the molecule is C[C@H]1CCCN1[C@H]1CCN(c2ccc3c(c2)CCN(c2cnc4ccccc4c2)C3)C1. The van der Waals surface area contributed by atoms with E-state index in [1.165, 1.54) is 66.8 Å². The average molecular weight is 413 g/mol. The summed E-state index contributed by atoms with van der Waals surface area (Å²) >= 11 is 0. The Morgan fingerprint density at radius 2 is 1.81 bits per heavy atom. The lowest BCUT2D eigenvalue weighted by Crippen LogP contribution is -2.39. The van der Waals surface area contributed by atoms with Gasteiger partial charge in [-0.05, 0) is 74.5 Å². The molecule has 3 aliphatic heterocycles. The summed E-state index contributed by atoms with van der Waals surface area (Å²) in [6.45, 7) is 8.13. The largest absolute Gasteiger partial charge is 0.370 e. The molecule has 31 heavy (non-hydrogen) atoms. The molecule has 2 fully saturated rings. The van der Waals surface area contributed by atoms with Crippen LogP contribution in [0.5, 0.6) is 0 Å². The molecule has 0 N–H and O–H groups in total. The molecule has 2 atom stereocenters. The highest BCUT2D eigenvalue weighted by Crippen LogP contribution is 2.32. The first-order chi connectivity index (χ1) is 15.2. The van der Waals surface area contributed by atoms with Crippen molar-refractivity contribution in [2.24, 2.45) is 0 Å². The molecule has 0 unspecified atom stereocenters. The van der Waals surface area contributed by atoms with Crippen molar-refractivity contribution < 1.29 is 0 Å². The van der Waals surface area contributed by atoms with Gasteiger partial charge in [-0.2, -0.15) is 0 Å². The van der Waals surface area contributed by atoms with Crippen molar-refractivity contribution in [2.75, 3.05) is 36.0 Å². The van der Waals surface area contributed by atoms with Crippen LogP contribution in [0.1, 0.15) is 37.3 Å². The number of rotatable bonds is 3. The lowest BCUT2D eigenvalue weighted by molar-refractivity contribution is 0.204. The van der Waals surface area contributed by atoms with Crippen LogP contribution in [0.25, 0.3) is 10.9 Å².